The molecule has 0 unspecified atom stereocenters. The summed E-state index contributed by atoms with van der Waals surface area (Å²) >= 11 is 1.59. The molecule has 0 radical (unpaired) electrons. The van der Waals surface area contributed by atoms with Crippen molar-refractivity contribution in [1.29, 1.82) is 0 Å². The molecule has 0 aliphatic rings. The molecule has 0 bridgehead atoms. The molecule has 7 heteroatoms. The maximum absolute atomic E-state index is 5.55. The Bertz CT molecular complexity index is 891. The van der Waals surface area contributed by atoms with Gasteiger partial charge in [-0.15, -0.1) is 0 Å². The second-order valence-corrected chi connectivity index (χ2v) is 5.67. The van der Waals surface area contributed by atoms with Crippen LogP contribution in [0.4, 0.5) is 10.9 Å². The minimum absolute atomic E-state index is 0.432. The lowest BCUT2D eigenvalue weighted by Gasteiger charge is -2.05. The molecule has 4 aromatic rings. The summed E-state index contributed by atoms with van der Waals surface area (Å²) in [6.07, 6.45) is 6.35. The van der Waals surface area contributed by atoms with Gasteiger partial charge in [-0.05, 0) is 24.3 Å². The van der Waals surface area contributed by atoms with Crippen LogP contribution in [0.15, 0.2) is 61.2 Å². The van der Waals surface area contributed by atoms with E-state index in [0.717, 1.165) is 15.3 Å². The van der Waals surface area contributed by atoms with Gasteiger partial charge in [0, 0.05) is 12.4 Å². The molecule has 112 valence electrons. The number of hydrogen-bond donors (Lipinski definition) is 1. The van der Waals surface area contributed by atoms with Gasteiger partial charge in [0.1, 0.15) is 11.6 Å². The normalized spacial score (nSPS) is 10.6. The lowest BCUT2D eigenvalue weighted by Crippen LogP contribution is -1.94. The molecule has 0 amide bonds. The highest BCUT2D eigenvalue weighted by atomic mass is 32.1. The molecule has 0 saturated carbocycles. The van der Waals surface area contributed by atoms with Crippen molar-refractivity contribution in [3.8, 4) is 11.6 Å². The summed E-state index contributed by atoms with van der Waals surface area (Å²) in [5.74, 6) is 1.73. The number of ether oxygens (including phenoxy) is 1. The Morgan fingerprint density at radius 2 is 1.91 bits per heavy atom. The number of anilines is 2. The van der Waals surface area contributed by atoms with Crippen LogP contribution in [0.3, 0.4) is 0 Å². The molecular formula is C16H11N5OS. The quantitative estimate of drug-likeness (QED) is 0.612. The molecule has 0 aliphatic carbocycles. The number of fused-ring (bicyclic) bond motifs is 1. The molecule has 1 aromatic carbocycles. The molecular weight excluding hydrogens is 310 g/mol. The third-order valence-corrected chi connectivity index (χ3v) is 3.98. The Balaban J connectivity index is 1.49. The standard InChI is InChI=1S/C16H11N5OS/c1-2-4-13-12(3-1)20-16(23-13)21-14-6-5-11(9-19-14)22-15-10-17-7-8-18-15/h1-10H,(H,19,20,21). The minimum atomic E-state index is 0.432. The second-order valence-electron chi connectivity index (χ2n) is 4.64. The Kier molecular flexibility index (Phi) is 3.53. The zero-order valence-electron chi connectivity index (χ0n) is 11.9. The fourth-order valence-electron chi connectivity index (χ4n) is 2.01. The van der Waals surface area contributed by atoms with Gasteiger partial charge < -0.3 is 10.1 Å². The van der Waals surface area contributed by atoms with Crippen LogP contribution in [0, 0.1) is 0 Å². The summed E-state index contributed by atoms with van der Waals surface area (Å²) < 4.78 is 6.69. The summed E-state index contributed by atoms with van der Waals surface area (Å²) in [5, 5.41) is 4.00. The van der Waals surface area contributed by atoms with Gasteiger partial charge in [-0.25, -0.2) is 15.0 Å². The number of nitrogens with one attached hydrogen (secondary N) is 1. The van der Waals surface area contributed by atoms with Crippen molar-refractivity contribution in [2.75, 3.05) is 5.32 Å². The number of rotatable bonds is 4. The number of thiazole rings is 1. The highest BCUT2D eigenvalue weighted by Gasteiger charge is 2.05. The minimum Gasteiger partial charge on any atom is -0.436 e. The number of hydrogen-bond acceptors (Lipinski definition) is 7. The van der Waals surface area contributed by atoms with Crippen molar-refractivity contribution in [1.82, 2.24) is 19.9 Å². The Morgan fingerprint density at radius 1 is 0.957 bits per heavy atom. The number of aromatic nitrogens is 4. The van der Waals surface area contributed by atoms with Crippen LogP contribution < -0.4 is 10.1 Å². The van der Waals surface area contributed by atoms with Crippen molar-refractivity contribution in [2.45, 2.75) is 0 Å². The third-order valence-electron chi connectivity index (χ3n) is 3.03. The van der Waals surface area contributed by atoms with Crippen molar-refractivity contribution >= 4 is 32.5 Å². The van der Waals surface area contributed by atoms with Gasteiger partial charge in [-0.3, -0.25) is 4.98 Å². The summed E-state index contributed by atoms with van der Waals surface area (Å²) in [4.78, 5) is 16.8. The summed E-state index contributed by atoms with van der Waals surface area (Å²) in [7, 11) is 0. The van der Waals surface area contributed by atoms with Crippen molar-refractivity contribution in [3.05, 3.63) is 61.2 Å². The predicted molar refractivity (Wildman–Crippen MR) is 89.2 cm³/mol. The van der Waals surface area contributed by atoms with E-state index in [1.54, 1.807) is 36.1 Å². The summed E-state index contributed by atoms with van der Waals surface area (Å²) in [6, 6.07) is 11.7. The van der Waals surface area contributed by atoms with E-state index in [4.69, 9.17) is 4.74 Å². The van der Waals surface area contributed by atoms with Crippen LogP contribution in [0.1, 0.15) is 0 Å². The molecule has 4 rings (SSSR count). The molecule has 1 N–H and O–H groups in total. The van der Waals surface area contributed by atoms with E-state index in [0.29, 0.717) is 17.4 Å². The van der Waals surface area contributed by atoms with E-state index in [9.17, 15) is 0 Å². The Hall–Kier alpha value is -3.06. The second kappa shape index (κ2) is 5.98. The zero-order valence-corrected chi connectivity index (χ0v) is 12.7. The smallest absolute Gasteiger partial charge is 0.237 e. The van der Waals surface area contributed by atoms with E-state index in [1.807, 2.05) is 36.4 Å². The number of benzene rings is 1. The van der Waals surface area contributed by atoms with Crippen molar-refractivity contribution in [2.24, 2.45) is 0 Å². The van der Waals surface area contributed by atoms with E-state index >= 15 is 0 Å². The van der Waals surface area contributed by atoms with Gasteiger partial charge in [-0.1, -0.05) is 23.5 Å². The van der Waals surface area contributed by atoms with Crippen molar-refractivity contribution in [3.63, 3.8) is 0 Å². The molecule has 23 heavy (non-hydrogen) atoms. The molecule has 3 heterocycles. The van der Waals surface area contributed by atoms with Crippen molar-refractivity contribution < 1.29 is 4.74 Å². The SMILES string of the molecule is c1ccc2sc(Nc3ccc(Oc4cnccn4)cn3)nc2c1. The van der Waals surface area contributed by atoms with Crippen LogP contribution >= 0.6 is 11.3 Å². The molecule has 0 aliphatic heterocycles. The van der Waals surface area contributed by atoms with Crippen LogP contribution in [0.2, 0.25) is 0 Å². The topological polar surface area (TPSA) is 72.8 Å². The lowest BCUT2D eigenvalue weighted by atomic mass is 10.3. The maximum atomic E-state index is 5.55. The van der Waals surface area contributed by atoms with Gasteiger partial charge in [0.15, 0.2) is 5.13 Å². The zero-order chi connectivity index (χ0) is 15.5. The molecule has 0 fully saturated rings. The average Bonchev–Trinajstić information content (AvgIpc) is 3.00. The van der Waals surface area contributed by atoms with Gasteiger partial charge >= 0.3 is 0 Å². The molecule has 6 nitrogen and oxygen atoms in total. The van der Waals surface area contributed by atoms with E-state index in [1.165, 1.54) is 0 Å². The van der Waals surface area contributed by atoms with E-state index < -0.39 is 0 Å². The fraction of sp³-hybridized carbons (Fsp3) is 0. The summed E-state index contributed by atoms with van der Waals surface area (Å²) in [6.45, 7) is 0. The fourth-order valence-corrected chi connectivity index (χ4v) is 2.88. The van der Waals surface area contributed by atoms with E-state index in [2.05, 4.69) is 25.3 Å². The maximum Gasteiger partial charge on any atom is 0.237 e. The van der Waals surface area contributed by atoms with Gasteiger partial charge in [0.2, 0.25) is 5.88 Å². The first-order chi connectivity index (χ1) is 11.4. The molecule has 0 atom stereocenters. The van der Waals surface area contributed by atoms with E-state index in [-0.39, 0.29) is 0 Å². The molecule has 0 spiro atoms. The van der Waals surface area contributed by atoms with Crippen LogP contribution in [0.25, 0.3) is 10.2 Å². The van der Waals surface area contributed by atoms with Crippen LogP contribution in [-0.2, 0) is 0 Å². The van der Waals surface area contributed by atoms with Gasteiger partial charge in [0.05, 0.1) is 22.6 Å². The number of para-hydroxylation sites is 1. The Labute approximate surface area is 135 Å². The predicted octanol–water partition coefficient (Wildman–Crippen LogP) is 4.02. The average molecular weight is 321 g/mol. The van der Waals surface area contributed by atoms with Crippen LogP contribution in [0.5, 0.6) is 11.6 Å². The molecule has 3 aromatic heterocycles. The van der Waals surface area contributed by atoms with Crippen LogP contribution in [-0.4, -0.2) is 19.9 Å². The first-order valence-corrected chi connectivity index (χ1v) is 7.71. The largest absolute Gasteiger partial charge is 0.436 e. The Morgan fingerprint density at radius 3 is 2.70 bits per heavy atom. The highest BCUT2D eigenvalue weighted by Crippen LogP contribution is 2.28. The number of nitrogens with zero attached hydrogens (tertiary/aromatic N) is 4. The first kappa shape index (κ1) is 13.6. The highest BCUT2D eigenvalue weighted by molar-refractivity contribution is 7.22. The van der Waals surface area contributed by atoms with Gasteiger partial charge in [0.25, 0.3) is 0 Å². The summed E-state index contributed by atoms with van der Waals surface area (Å²) in [5.41, 5.74) is 0.975. The first-order valence-electron chi connectivity index (χ1n) is 6.89. The number of pyridine rings is 1. The third kappa shape index (κ3) is 3.09. The monoisotopic (exact) mass is 321 g/mol. The van der Waals surface area contributed by atoms with Gasteiger partial charge in [-0.2, -0.15) is 0 Å². The lowest BCUT2D eigenvalue weighted by molar-refractivity contribution is 0.458. The molecule has 0 saturated heterocycles.